The molecule has 0 spiro atoms. The topological polar surface area (TPSA) is 112 Å². The van der Waals surface area contributed by atoms with Gasteiger partial charge in [0.1, 0.15) is 12.4 Å². The summed E-state index contributed by atoms with van der Waals surface area (Å²) < 4.78 is 16.7. The minimum absolute atomic E-state index is 0.00269. The third kappa shape index (κ3) is 4.78. The lowest BCUT2D eigenvalue weighted by Gasteiger charge is -2.16. The third-order valence-electron chi connectivity index (χ3n) is 6.91. The van der Waals surface area contributed by atoms with Crippen molar-refractivity contribution in [2.75, 3.05) is 19.0 Å². The molecule has 5 aromatic rings. The molecule has 0 radical (unpaired) electrons. The van der Waals surface area contributed by atoms with Crippen LogP contribution < -0.4 is 20.5 Å². The number of nitrogens with two attached hydrogens (primary N) is 1. The van der Waals surface area contributed by atoms with Crippen molar-refractivity contribution in [2.45, 2.75) is 31.7 Å². The monoisotopic (exact) mass is 508 g/mol. The van der Waals surface area contributed by atoms with Crippen LogP contribution in [0.1, 0.15) is 34.7 Å². The second kappa shape index (κ2) is 9.46. The highest BCUT2D eigenvalue weighted by Crippen LogP contribution is 2.38. The molecule has 3 aromatic carbocycles. The molecule has 38 heavy (non-hydrogen) atoms. The number of carbonyl (C=O) groups excluding carboxylic acids is 1. The molecule has 1 fully saturated rings. The first-order valence-electron chi connectivity index (χ1n) is 12.5. The molecule has 8 heteroatoms. The van der Waals surface area contributed by atoms with E-state index in [1.54, 1.807) is 19.4 Å². The average molecular weight is 509 g/mol. The minimum atomic E-state index is -0.230. The van der Waals surface area contributed by atoms with Gasteiger partial charge < -0.3 is 25.0 Å². The number of ether oxygens (including phenoxy) is 2. The summed E-state index contributed by atoms with van der Waals surface area (Å²) in [6.07, 6.45) is 3.89. The van der Waals surface area contributed by atoms with E-state index in [1.807, 2.05) is 61.5 Å². The van der Waals surface area contributed by atoms with Gasteiger partial charge in [-0.15, -0.1) is 0 Å². The highest BCUT2D eigenvalue weighted by atomic mass is 16.5. The molecule has 1 aliphatic carbocycles. The lowest BCUT2D eigenvalue weighted by atomic mass is 9.98. The summed E-state index contributed by atoms with van der Waals surface area (Å²) in [6, 6.07) is 19.2. The highest BCUT2D eigenvalue weighted by Gasteiger charge is 2.39. The quantitative estimate of drug-likeness (QED) is 0.243. The van der Waals surface area contributed by atoms with Crippen LogP contribution in [0, 0.1) is 6.92 Å². The molecule has 192 valence electrons. The Balaban J connectivity index is 1.28. The lowest BCUT2D eigenvalue weighted by Crippen LogP contribution is -2.29. The van der Waals surface area contributed by atoms with Crippen molar-refractivity contribution in [2.24, 2.45) is 5.73 Å². The Labute approximate surface area is 219 Å². The maximum absolute atomic E-state index is 13.0. The average Bonchev–Trinajstić information content (AvgIpc) is 3.53. The Morgan fingerprint density at radius 3 is 2.71 bits per heavy atom. The number of Topliss-reactive ketones (excluding diaryl/α,β-unsaturated/α-hetero) is 1. The van der Waals surface area contributed by atoms with Crippen LogP contribution in [-0.2, 0) is 6.42 Å². The molecule has 0 bridgehead atoms. The molecule has 3 N–H and O–H groups in total. The lowest BCUT2D eigenvalue weighted by molar-refractivity contribution is 0.0992. The van der Waals surface area contributed by atoms with E-state index in [0.29, 0.717) is 35.1 Å². The van der Waals surface area contributed by atoms with Gasteiger partial charge in [-0.05, 0) is 54.8 Å². The second-order valence-corrected chi connectivity index (χ2v) is 9.93. The Morgan fingerprint density at radius 1 is 1.08 bits per heavy atom. The van der Waals surface area contributed by atoms with Gasteiger partial charge in [0.2, 0.25) is 0 Å². The summed E-state index contributed by atoms with van der Waals surface area (Å²) >= 11 is 0. The van der Waals surface area contributed by atoms with Crippen molar-refractivity contribution in [3.05, 3.63) is 83.9 Å². The number of pyridine rings is 1. The predicted octanol–water partition coefficient (Wildman–Crippen LogP) is 5.73. The van der Waals surface area contributed by atoms with Gasteiger partial charge in [-0.1, -0.05) is 29.4 Å². The number of anilines is 2. The smallest absolute Gasteiger partial charge is 0.169 e. The molecule has 0 unspecified atom stereocenters. The molecule has 6 rings (SSSR count). The maximum Gasteiger partial charge on any atom is 0.169 e. The summed E-state index contributed by atoms with van der Waals surface area (Å²) in [5.74, 6) is 1.94. The van der Waals surface area contributed by atoms with Crippen LogP contribution in [0.5, 0.6) is 11.5 Å². The second-order valence-electron chi connectivity index (χ2n) is 9.93. The summed E-state index contributed by atoms with van der Waals surface area (Å²) in [5, 5.41) is 10.2. The number of nitrogens with zero attached hydrogens (tertiary/aromatic N) is 2. The molecule has 0 aliphatic heterocycles. The number of aryl methyl sites for hydroxylation is 1. The molecular weight excluding hydrogens is 480 g/mol. The molecule has 2 aromatic heterocycles. The van der Waals surface area contributed by atoms with E-state index in [9.17, 15) is 4.79 Å². The van der Waals surface area contributed by atoms with Gasteiger partial charge in [0.05, 0.1) is 30.3 Å². The van der Waals surface area contributed by atoms with E-state index in [-0.39, 0.29) is 17.7 Å². The number of fused-ring (bicyclic) bond motifs is 2. The molecule has 1 saturated carbocycles. The number of rotatable bonds is 9. The SMILES string of the molecule is COc1cc2c(Nc3ccc4c(C(=O)Cc5cc(C)on5)cccc4c3)ccnc2cc1OCC1(N)CC1. The van der Waals surface area contributed by atoms with Gasteiger partial charge in [0.15, 0.2) is 17.3 Å². The summed E-state index contributed by atoms with van der Waals surface area (Å²) in [5.41, 5.74) is 9.80. The number of nitrogens with one attached hydrogen (secondary N) is 1. The van der Waals surface area contributed by atoms with Gasteiger partial charge in [-0.25, -0.2) is 0 Å². The molecule has 2 heterocycles. The van der Waals surface area contributed by atoms with Gasteiger partial charge in [0.25, 0.3) is 0 Å². The standard InChI is InChI=1S/C30H28N4O4/c1-18-12-21(34-38-18)14-27(35)23-5-3-4-19-13-20(6-7-22(19)23)33-25-8-11-32-26-16-29(28(36-2)15-24(25)26)37-17-30(31)9-10-30/h3-8,11-13,15-16H,9-10,14,17,31H2,1-2H3,(H,32,33). The fourth-order valence-corrected chi connectivity index (χ4v) is 4.58. The van der Waals surface area contributed by atoms with Crippen molar-refractivity contribution in [3.63, 3.8) is 0 Å². The van der Waals surface area contributed by atoms with E-state index in [1.165, 1.54) is 0 Å². The Bertz CT molecular complexity index is 1670. The van der Waals surface area contributed by atoms with Crippen LogP contribution >= 0.6 is 0 Å². The van der Waals surface area contributed by atoms with Gasteiger partial charge in [-0.2, -0.15) is 0 Å². The zero-order valence-corrected chi connectivity index (χ0v) is 21.3. The largest absolute Gasteiger partial charge is 0.493 e. The van der Waals surface area contributed by atoms with E-state index in [0.717, 1.165) is 45.9 Å². The van der Waals surface area contributed by atoms with Gasteiger partial charge >= 0.3 is 0 Å². The molecule has 0 saturated heterocycles. The highest BCUT2D eigenvalue weighted by molar-refractivity contribution is 6.09. The summed E-state index contributed by atoms with van der Waals surface area (Å²) in [6.45, 7) is 2.26. The molecule has 8 nitrogen and oxygen atoms in total. The van der Waals surface area contributed by atoms with E-state index in [2.05, 4.69) is 15.5 Å². The van der Waals surface area contributed by atoms with Crippen molar-refractivity contribution in [1.82, 2.24) is 10.1 Å². The fourth-order valence-electron chi connectivity index (χ4n) is 4.58. The molecule has 0 amide bonds. The summed E-state index contributed by atoms with van der Waals surface area (Å²) in [4.78, 5) is 17.6. The van der Waals surface area contributed by atoms with E-state index < -0.39 is 0 Å². The number of hydrogen-bond acceptors (Lipinski definition) is 8. The Hall–Kier alpha value is -4.43. The number of methoxy groups -OCH3 is 1. The number of hydrogen-bond donors (Lipinski definition) is 2. The Kier molecular flexibility index (Phi) is 5.96. The molecule has 0 atom stereocenters. The normalized spacial score (nSPS) is 14.0. The number of ketones is 1. The van der Waals surface area contributed by atoms with Crippen molar-refractivity contribution >= 4 is 38.8 Å². The predicted molar refractivity (Wildman–Crippen MR) is 146 cm³/mol. The zero-order valence-electron chi connectivity index (χ0n) is 21.3. The van der Waals surface area contributed by atoms with Crippen LogP contribution in [0.4, 0.5) is 11.4 Å². The van der Waals surface area contributed by atoms with Crippen molar-refractivity contribution in [1.29, 1.82) is 0 Å². The first-order valence-corrected chi connectivity index (χ1v) is 12.5. The number of aromatic nitrogens is 2. The van der Waals surface area contributed by atoms with E-state index >= 15 is 0 Å². The minimum Gasteiger partial charge on any atom is -0.493 e. The third-order valence-corrected chi connectivity index (χ3v) is 6.91. The van der Waals surface area contributed by atoms with Crippen LogP contribution in [0.25, 0.3) is 21.7 Å². The first-order chi connectivity index (χ1) is 18.4. The number of carbonyl (C=O) groups is 1. The number of benzene rings is 3. The van der Waals surface area contributed by atoms with Gasteiger partial charge in [0, 0.05) is 40.7 Å². The van der Waals surface area contributed by atoms with E-state index in [4.69, 9.17) is 19.7 Å². The van der Waals surface area contributed by atoms with Gasteiger partial charge in [-0.3, -0.25) is 9.78 Å². The fraction of sp³-hybridized carbons (Fsp3) is 0.233. The summed E-state index contributed by atoms with van der Waals surface area (Å²) in [7, 11) is 1.62. The molecule has 1 aliphatic rings. The van der Waals surface area contributed by atoms with Crippen LogP contribution in [0.2, 0.25) is 0 Å². The maximum atomic E-state index is 13.0. The van der Waals surface area contributed by atoms with Crippen molar-refractivity contribution in [3.8, 4) is 11.5 Å². The van der Waals surface area contributed by atoms with Crippen LogP contribution in [0.15, 0.2) is 71.4 Å². The molecular formula is C30H28N4O4. The van der Waals surface area contributed by atoms with Crippen LogP contribution in [0.3, 0.4) is 0 Å². The Morgan fingerprint density at radius 2 is 1.95 bits per heavy atom. The first kappa shape index (κ1) is 23.9. The zero-order chi connectivity index (χ0) is 26.3. The van der Waals surface area contributed by atoms with Crippen molar-refractivity contribution < 1.29 is 18.8 Å². The van der Waals surface area contributed by atoms with Crippen LogP contribution in [-0.4, -0.2) is 35.2 Å².